The van der Waals surface area contributed by atoms with Gasteiger partial charge in [-0.15, -0.1) is 0 Å². The van der Waals surface area contributed by atoms with Crippen LogP contribution in [0.2, 0.25) is 5.02 Å². The molecule has 0 unspecified atom stereocenters. The first-order valence-corrected chi connectivity index (χ1v) is 9.15. The summed E-state index contributed by atoms with van der Waals surface area (Å²) in [6.45, 7) is 3.52. The fourth-order valence-electron chi connectivity index (χ4n) is 3.47. The van der Waals surface area contributed by atoms with Crippen LogP contribution in [-0.4, -0.2) is 25.2 Å². The third kappa shape index (κ3) is 3.01. The molecule has 1 aliphatic rings. The number of carbonyl (C=O) groups is 1. The Hall–Kier alpha value is -2.60. The summed E-state index contributed by atoms with van der Waals surface area (Å²) >= 11 is 6.28. The first-order valence-electron chi connectivity index (χ1n) is 8.77. The van der Waals surface area contributed by atoms with E-state index in [1.165, 1.54) is 0 Å². The Labute approximate surface area is 156 Å². The number of benzene rings is 1. The summed E-state index contributed by atoms with van der Waals surface area (Å²) < 4.78 is 3.92. The Morgan fingerprint density at radius 3 is 3.00 bits per heavy atom. The van der Waals surface area contributed by atoms with E-state index in [9.17, 15) is 4.79 Å². The lowest BCUT2D eigenvalue weighted by molar-refractivity contribution is -0.116. The summed E-state index contributed by atoms with van der Waals surface area (Å²) in [7, 11) is 0. The van der Waals surface area contributed by atoms with Crippen molar-refractivity contribution in [3.05, 3.63) is 64.8 Å². The molecule has 1 N–H and O–H groups in total. The fourth-order valence-corrected chi connectivity index (χ4v) is 3.66. The molecule has 1 amide bonds. The van der Waals surface area contributed by atoms with Gasteiger partial charge in [0, 0.05) is 35.9 Å². The average Bonchev–Trinajstić information content (AvgIpc) is 3.24. The van der Waals surface area contributed by atoms with Gasteiger partial charge in [0.2, 0.25) is 5.91 Å². The van der Waals surface area contributed by atoms with E-state index < -0.39 is 0 Å². The number of hydrogen-bond donors (Lipinski definition) is 1. The average molecular weight is 370 g/mol. The number of nitrogens with zero attached hydrogens (tertiary/aromatic N) is 4. The molecule has 3 heterocycles. The Bertz CT molecular complexity index is 945. The zero-order valence-corrected chi connectivity index (χ0v) is 15.3. The van der Waals surface area contributed by atoms with Gasteiger partial charge in [-0.2, -0.15) is 5.10 Å². The third-order valence-electron chi connectivity index (χ3n) is 4.69. The van der Waals surface area contributed by atoms with Crippen molar-refractivity contribution in [1.29, 1.82) is 0 Å². The molecule has 134 valence electrons. The molecule has 0 saturated carbocycles. The molecule has 2 aromatic heterocycles. The van der Waals surface area contributed by atoms with Crippen LogP contribution < -0.4 is 5.32 Å². The van der Waals surface area contributed by atoms with Gasteiger partial charge < -0.3 is 9.88 Å². The second kappa shape index (κ2) is 6.96. The van der Waals surface area contributed by atoms with Gasteiger partial charge in [0.1, 0.15) is 11.6 Å². The maximum absolute atomic E-state index is 12.4. The van der Waals surface area contributed by atoms with Gasteiger partial charge in [0.15, 0.2) is 0 Å². The van der Waals surface area contributed by atoms with E-state index in [0.717, 1.165) is 35.7 Å². The maximum atomic E-state index is 12.4. The number of hydrogen-bond acceptors (Lipinski definition) is 3. The van der Waals surface area contributed by atoms with E-state index in [4.69, 9.17) is 11.6 Å². The first-order chi connectivity index (χ1) is 12.7. The van der Waals surface area contributed by atoms with Crippen molar-refractivity contribution in [3.63, 3.8) is 0 Å². The van der Waals surface area contributed by atoms with Crippen LogP contribution >= 0.6 is 11.6 Å². The van der Waals surface area contributed by atoms with Crippen LogP contribution in [0.5, 0.6) is 0 Å². The van der Waals surface area contributed by atoms with Crippen LogP contribution in [0.3, 0.4) is 0 Å². The molecule has 0 spiro atoms. The minimum Gasteiger partial charge on any atom is -0.334 e. The summed E-state index contributed by atoms with van der Waals surface area (Å²) in [5.41, 5.74) is 1.96. The number of fused-ring (bicyclic) bond motifs is 1. The van der Waals surface area contributed by atoms with Crippen molar-refractivity contribution in [2.75, 3.05) is 5.32 Å². The number of amides is 1. The minimum atomic E-state index is -0.0831. The van der Waals surface area contributed by atoms with E-state index >= 15 is 0 Å². The zero-order valence-electron chi connectivity index (χ0n) is 14.5. The van der Waals surface area contributed by atoms with Gasteiger partial charge in [0.05, 0.1) is 18.7 Å². The van der Waals surface area contributed by atoms with Crippen molar-refractivity contribution in [2.45, 2.75) is 38.8 Å². The highest BCUT2D eigenvalue weighted by molar-refractivity contribution is 6.31. The van der Waals surface area contributed by atoms with Gasteiger partial charge in [-0.3, -0.25) is 4.79 Å². The molecule has 6 nitrogen and oxygen atoms in total. The highest BCUT2D eigenvalue weighted by Gasteiger charge is 2.32. The quantitative estimate of drug-likeness (QED) is 0.746. The minimum absolute atomic E-state index is 0.0190. The SMILES string of the molecule is CCCn1ccnc1[C@@H]1CC(=O)Nc2c1cnn2Cc1ccccc1Cl. The normalized spacial score (nSPS) is 16.4. The van der Waals surface area contributed by atoms with Crippen LogP contribution in [0, 0.1) is 0 Å². The first kappa shape index (κ1) is 16.8. The molecule has 1 aromatic carbocycles. The molecule has 26 heavy (non-hydrogen) atoms. The van der Waals surface area contributed by atoms with Crippen molar-refractivity contribution >= 4 is 23.3 Å². The number of aryl methyl sites for hydroxylation is 1. The van der Waals surface area contributed by atoms with Crippen molar-refractivity contribution < 1.29 is 4.79 Å². The van der Waals surface area contributed by atoms with Gasteiger partial charge in [0.25, 0.3) is 0 Å². The topological polar surface area (TPSA) is 64.7 Å². The lowest BCUT2D eigenvalue weighted by atomic mass is 9.93. The Morgan fingerprint density at radius 2 is 2.19 bits per heavy atom. The summed E-state index contributed by atoms with van der Waals surface area (Å²) in [5.74, 6) is 1.55. The van der Waals surface area contributed by atoms with Crippen LogP contribution in [0.15, 0.2) is 42.9 Å². The standard InChI is InChI=1S/C19H20ClN5O/c1-2-8-24-9-7-21-18(24)14-10-17(26)23-19-15(14)11-22-25(19)12-13-5-3-4-6-16(13)20/h3-7,9,11,14H,2,8,10,12H2,1H3,(H,23,26)/t14-/m1/s1. The second-order valence-electron chi connectivity index (χ2n) is 6.48. The highest BCUT2D eigenvalue weighted by Crippen LogP contribution is 2.36. The Morgan fingerprint density at radius 1 is 1.35 bits per heavy atom. The van der Waals surface area contributed by atoms with E-state index in [-0.39, 0.29) is 11.8 Å². The van der Waals surface area contributed by atoms with Gasteiger partial charge >= 0.3 is 0 Å². The van der Waals surface area contributed by atoms with Crippen LogP contribution in [0.4, 0.5) is 5.82 Å². The number of rotatable bonds is 5. The summed E-state index contributed by atoms with van der Waals surface area (Å²) in [4.78, 5) is 16.9. The van der Waals surface area contributed by atoms with Gasteiger partial charge in [-0.1, -0.05) is 36.7 Å². The summed E-state index contributed by atoms with van der Waals surface area (Å²) in [6, 6.07) is 7.66. The molecule has 1 aliphatic heterocycles. The molecule has 1 atom stereocenters. The molecule has 0 radical (unpaired) electrons. The van der Waals surface area contributed by atoms with Gasteiger partial charge in [-0.05, 0) is 18.1 Å². The van der Waals surface area contributed by atoms with E-state index in [1.807, 2.05) is 36.7 Å². The van der Waals surface area contributed by atoms with E-state index in [0.29, 0.717) is 18.0 Å². The molecular formula is C19H20ClN5O. The number of carbonyl (C=O) groups excluding carboxylic acids is 1. The molecule has 7 heteroatoms. The van der Waals surface area contributed by atoms with Crippen LogP contribution in [-0.2, 0) is 17.9 Å². The number of imidazole rings is 1. The zero-order chi connectivity index (χ0) is 18.1. The predicted octanol–water partition coefficient (Wildman–Crippen LogP) is 3.67. The van der Waals surface area contributed by atoms with Crippen LogP contribution in [0.1, 0.15) is 42.6 Å². The largest absolute Gasteiger partial charge is 0.334 e. The lowest BCUT2D eigenvalue weighted by Gasteiger charge is -2.24. The summed E-state index contributed by atoms with van der Waals surface area (Å²) in [6.07, 6.45) is 7.00. The number of halogens is 1. The number of aromatic nitrogens is 4. The van der Waals surface area contributed by atoms with Crippen molar-refractivity contribution in [1.82, 2.24) is 19.3 Å². The second-order valence-corrected chi connectivity index (χ2v) is 6.89. The molecular weight excluding hydrogens is 350 g/mol. The smallest absolute Gasteiger partial charge is 0.226 e. The van der Waals surface area contributed by atoms with Crippen molar-refractivity contribution in [2.24, 2.45) is 0 Å². The molecule has 0 bridgehead atoms. The van der Waals surface area contributed by atoms with E-state index in [2.05, 4.69) is 26.9 Å². The van der Waals surface area contributed by atoms with Gasteiger partial charge in [-0.25, -0.2) is 9.67 Å². The fraction of sp³-hybridized carbons (Fsp3) is 0.316. The molecule has 4 rings (SSSR count). The molecule has 3 aromatic rings. The molecule has 0 aliphatic carbocycles. The number of nitrogens with one attached hydrogen (secondary N) is 1. The Balaban J connectivity index is 1.71. The summed E-state index contributed by atoms with van der Waals surface area (Å²) in [5, 5.41) is 8.17. The predicted molar refractivity (Wildman–Crippen MR) is 100 cm³/mol. The van der Waals surface area contributed by atoms with E-state index in [1.54, 1.807) is 10.9 Å². The van der Waals surface area contributed by atoms with Crippen LogP contribution in [0.25, 0.3) is 0 Å². The maximum Gasteiger partial charge on any atom is 0.226 e. The third-order valence-corrected chi connectivity index (χ3v) is 5.06. The number of anilines is 1. The van der Waals surface area contributed by atoms with Crippen molar-refractivity contribution in [3.8, 4) is 0 Å². The Kier molecular flexibility index (Phi) is 4.51. The lowest BCUT2D eigenvalue weighted by Crippen LogP contribution is -2.26. The monoisotopic (exact) mass is 369 g/mol. The highest BCUT2D eigenvalue weighted by atomic mass is 35.5. The molecule has 0 saturated heterocycles. The molecule has 0 fully saturated rings.